The van der Waals surface area contributed by atoms with Gasteiger partial charge in [-0.15, -0.1) is 0 Å². The van der Waals surface area contributed by atoms with Crippen LogP contribution in [0.3, 0.4) is 0 Å². The molecule has 7 rings (SSSR count). The summed E-state index contributed by atoms with van der Waals surface area (Å²) in [5.41, 5.74) is 8.69. The number of fused-ring (bicyclic) bond motifs is 5. The number of hydrogen-bond donors (Lipinski definition) is 0. The highest BCUT2D eigenvalue weighted by molar-refractivity contribution is 6.22. The Morgan fingerprint density at radius 3 is 2.05 bits per heavy atom. The van der Waals surface area contributed by atoms with Crippen LogP contribution < -0.4 is 0 Å². The monoisotopic (exact) mass is 472 g/mol. The largest absolute Gasteiger partial charge is 0.456 e. The second kappa shape index (κ2) is 8.48. The number of rotatable bonds is 3. The minimum absolute atomic E-state index is 0.411. The minimum atomic E-state index is 0.411. The van der Waals surface area contributed by atoms with Crippen LogP contribution in [0.25, 0.3) is 66.1 Å². The van der Waals surface area contributed by atoms with E-state index >= 15 is 0 Å². The fourth-order valence-electron chi connectivity index (χ4n) is 5.23. The maximum absolute atomic E-state index is 9.23. The Balaban J connectivity index is 1.40. The van der Waals surface area contributed by atoms with Crippen molar-refractivity contribution in [3.05, 3.63) is 127 Å². The van der Waals surface area contributed by atoms with Crippen molar-refractivity contribution in [1.82, 2.24) is 4.98 Å². The molecule has 0 atom stereocenters. The lowest BCUT2D eigenvalue weighted by Crippen LogP contribution is -1.85. The molecule has 2 heterocycles. The van der Waals surface area contributed by atoms with E-state index in [1.165, 1.54) is 21.9 Å². The van der Waals surface area contributed by atoms with E-state index < -0.39 is 0 Å². The topological polar surface area (TPSA) is 49.8 Å². The Morgan fingerprint density at radius 1 is 0.541 bits per heavy atom. The maximum Gasteiger partial charge on any atom is 0.141 e. The van der Waals surface area contributed by atoms with Crippen molar-refractivity contribution in [1.29, 1.82) is 5.26 Å². The molecule has 0 bridgehead atoms. The van der Waals surface area contributed by atoms with E-state index in [0.29, 0.717) is 5.69 Å². The van der Waals surface area contributed by atoms with E-state index in [-0.39, 0.29) is 0 Å². The number of pyridine rings is 1. The Morgan fingerprint density at radius 2 is 1.24 bits per heavy atom. The summed E-state index contributed by atoms with van der Waals surface area (Å²) in [5.74, 6) is 0. The molecule has 0 aliphatic heterocycles. The van der Waals surface area contributed by atoms with Crippen molar-refractivity contribution in [2.75, 3.05) is 0 Å². The highest BCUT2D eigenvalue weighted by Gasteiger charge is 2.15. The highest BCUT2D eigenvalue weighted by Crippen LogP contribution is 2.41. The molecule has 2 aromatic heterocycles. The molecule has 3 nitrogen and oxygen atoms in total. The molecule has 7 aromatic rings. The smallest absolute Gasteiger partial charge is 0.141 e. The van der Waals surface area contributed by atoms with E-state index in [1.807, 2.05) is 24.3 Å². The van der Waals surface area contributed by atoms with Crippen LogP contribution in [-0.2, 0) is 0 Å². The molecule has 0 N–H and O–H groups in total. The van der Waals surface area contributed by atoms with Gasteiger partial charge in [0.15, 0.2) is 0 Å². The normalized spacial score (nSPS) is 11.2. The van der Waals surface area contributed by atoms with E-state index in [9.17, 15) is 5.26 Å². The number of aromatic nitrogens is 1. The number of nitriles is 1. The standard InChI is InChI=1S/C34H20N2O/c35-21-27-18-26(15-16-36-27)24-10-6-9-23(17-24)25-13-14-30-32(19-25)37-33-20-31(22-7-2-1-3-8-22)28-11-4-5-12-29(28)34(30)33/h1-20H. The molecular weight excluding hydrogens is 452 g/mol. The second-order valence-electron chi connectivity index (χ2n) is 9.14. The summed E-state index contributed by atoms with van der Waals surface area (Å²) >= 11 is 0. The molecule has 3 heteroatoms. The first-order valence-corrected chi connectivity index (χ1v) is 12.2. The quantitative estimate of drug-likeness (QED) is 0.258. The zero-order chi connectivity index (χ0) is 24.8. The number of benzene rings is 5. The van der Waals surface area contributed by atoms with Crippen molar-refractivity contribution < 1.29 is 4.42 Å². The highest BCUT2D eigenvalue weighted by atomic mass is 16.3. The average Bonchev–Trinajstić information content (AvgIpc) is 3.35. The van der Waals surface area contributed by atoms with E-state index in [2.05, 4.69) is 102 Å². The van der Waals surface area contributed by atoms with Crippen LogP contribution in [0, 0.1) is 11.3 Å². The molecule has 0 amide bonds. The van der Waals surface area contributed by atoms with E-state index in [1.54, 1.807) is 6.20 Å². The lowest BCUT2D eigenvalue weighted by Gasteiger charge is -2.08. The van der Waals surface area contributed by atoms with Gasteiger partial charge in [0.2, 0.25) is 0 Å². The molecule has 172 valence electrons. The molecule has 0 radical (unpaired) electrons. The van der Waals surface area contributed by atoms with Gasteiger partial charge in [0.25, 0.3) is 0 Å². The third kappa shape index (κ3) is 3.55. The maximum atomic E-state index is 9.23. The summed E-state index contributed by atoms with van der Waals surface area (Å²) in [6, 6.07) is 41.8. The third-order valence-corrected chi connectivity index (χ3v) is 6.97. The Kier molecular flexibility index (Phi) is 4.84. The summed E-state index contributed by atoms with van der Waals surface area (Å²) in [5, 5.41) is 13.9. The van der Waals surface area contributed by atoms with Gasteiger partial charge < -0.3 is 4.42 Å². The van der Waals surface area contributed by atoms with Crippen LogP contribution >= 0.6 is 0 Å². The number of furan rings is 1. The predicted molar refractivity (Wildman–Crippen MR) is 150 cm³/mol. The van der Waals surface area contributed by atoms with Crippen molar-refractivity contribution >= 4 is 32.7 Å². The van der Waals surface area contributed by atoms with Crippen LogP contribution in [0.2, 0.25) is 0 Å². The lowest BCUT2D eigenvalue weighted by atomic mass is 9.94. The SMILES string of the molecule is N#Cc1cc(-c2cccc(-c3ccc4c(c3)oc3cc(-c5ccccc5)c5ccccc5c34)c2)ccn1. The first-order chi connectivity index (χ1) is 18.3. The van der Waals surface area contributed by atoms with Gasteiger partial charge in [-0.05, 0) is 80.6 Å². The molecule has 0 unspecified atom stereocenters. The molecule has 5 aromatic carbocycles. The van der Waals surface area contributed by atoms with Gasteiger partial charge in [-0.2, -0.15) is 5.26 Å². The number of hydrogen-bond acceptors (Lipinski definition) is 3. The average molecular weight is 473 g/mol. The summed E-state index contributed by atoms with van der Waals surface area (Å²) in [6.07, 6.45) is 1.68. The van der Waals surface area contributed by atoms with Gasteiger partial charge in [-0.1, -0.05) is 78.9 Å². The van der Waals surface area contributed by atoms with Crippen molar-refractivity contribution in [2.45, 2.75) is 0 Å². The summed E-state index contributed by atoms with van der Waals surface area (Å²) < 4.78 is 6.49. The Bertz CT molecular complexity index is 1990. The Labute approximate surface area is 213 Å². The van der Waals surface area contributed by atoms with Crippen LogP contribution in [0.4, 0.5) is 0 Å². The first kappa shape index (κ1) is 21.1. The van der Waals surface area contributed by atoms with Crippen LogP contribution in [-0.4, -0.2) is 4.98 Å². The van der Waals surface area contributed by atoms with Crippen molar-refractivity contribution in [3.63, 3.8) is 0 Å². The van der Waals surface area contributed by atoms with Gasteiger partial charge in [0.1, 0.15) is 22.9 Å². The van der Waals surface area contributed by atoms with E-state index in [4.69, 9.17) is 4.42 Å². The predicted octanol–water partition coefficient (Wildman–Crippen LogP) is 9.01. The lowest BCUT2D eigenvalue weighted by molar-refractivity contribution is 0.669. The van der Waals surface area contributed by atoms with Crippen LogP contribution in [0.15, 0.2) is 126 Å². The van der Waals surface area contributed by atoms with Crippen molar-refractivity contribution in [3.8, 4) is 39.4 Å². The summed E-state index contributed by atoms with van der Waals surface area (Å²) in [7, 11) is 0. The van der Waals surface area contributed by atoms with Gasteiger partial charge in [0.05, 0.1) is 0 Å². The summed E-state index contributed by atoms with van der Waals surface area (Å²) in [4.78, 5) is 4.09. The van der Waals surface area contributed by atoms with Gasteiger partial charge in [-0.25, -0.2) is 4.98 Å². The molecule has 0 spiro atoms. The Hall–Kier alpha value is -5.20. The molecule has 37 heavy (non-hydrogen) atoms. The van der Waals surface area contributed by atoms with Crippen molar-refractivity contribution in [2.24, 2.45) is 0 Å². The van der Waals surface area contributed by atoms with Crippen LogP contribution in [0.1, 0.15) is 5.69 Å². The van der Waals surface area contributed by atoms with E-state index in [0.717, 1.165) is 44.2 Å². The second-order valence-corrected chi connectivity index (χ2v) is 9.14. The molecule has 0 saturated heterocycles. The third-order valence-electron chi connectivity index (χ3n) is 6.97. The zero-order valence-corrected chi connectivity index (χ0v) is 19.8. The number of nitrogens with zero attached hydrogens (tertiary/aromatic N) is 2. The fraction of sp³-hybridized carbons (Fsp3) is 0. The van der Waals surface area contributed by atoms with Gasteiger partial charge in [-0.3, -0.25) is 0 Å². The van der Waals surface area contributed by atoms with Crippen LogP contribution in [0.5, 0.6) is 0 Å². The molecule has 0 saturated carbocycles. The molecular formula is C34H20N2O. The summed E-state index contributed by atoms with van der Waals surface area (Å²) in [6.45, 7) is 0. The van der Waals surface area contributed by atoms with Gasteiger partial charge >= 0.3 is 0 Å². The van der Waals surface area contributed by atoms with Gasteiger partial charge in [0, 0.05) is 17.0 Å². The molecule has 0 aliphatic rings. The first-order valence-electron chi connectivity index (χ1n) is 12.2. The minimum Gasteiger partial charge on any atom is -0.456 e. The fourth-order valence-corrected chi connectivity index (χ4v) is 5.23. The molecule has 0 aliphatic carbocycles. The zero-order valence-electron chi connectivity index (χ0n) is 19.8. The molecule has 0 fully saturated rings.